The van der Waals surface area contributed by atoms with E-state index in [9.17, 15) is 22.4 Å². The van der Waals surface area contributed by atoms with Crippen LogP contribution in [0.5, 0.6) is 11.5 Å². The van der Waals surface area contributed by atoms with E-state index in [2.05, 4.69) is 0 Å². The summed E-state index contributed by atoms with van der Waals surface area (Å²) in [5.74, 6) is -6.01. The first-order valence-electron chi connectivity index (χ1n) is 5.48. The van der Waals surface area contributed by atoms with Gasteiger partial charge in [-0.1, -0.05) is 0 Å². The van der Waals surface area contributed by atoms with Gasteiger partial charge in [-0.05, 0) is 12.1 Å². The number of methoxy groups -OCH3 is 2. The fourth-order valence-electron chi connectivity index (χ4n) is 1.39. The fraction of sp³-hybridized carbons (Fsp3) is 0.417. The van der Waals surface area contributed by atoms with Gasteiger partial charge < -0.3 is 14.8 Å². The molecule has 1 aromatic rings. The molecule has 0 aromatic heterocycles. The van der Waals surface area contributed by atoms with Crippen LogP contribution >= 0.6 is 0 Å². The zero-order chi connectivity index (χ0) is 15.3. The third kappa shape index (κ3) is 3.52. The van der Waals surface area contributed by atoms with Crippen molar-refractivity contribution in [1.29, 1.82) is 0 Å². The van der Waals surface area contributed by atoms with Crippen molar-refractivity contribution in [3.63, 3.8) is 0 Å². The number of hydrogen-bond acceptors (Lipinski definition) is 3. The molecule has 0 atom stereocenters. The van der Waals surface area contributed by atoms with Crippen molar-refractivity contribution in [1.82, 2.24) is 5.32 Å². The van der Waals surface area contributed by atoms with Crippen LogP contribution in [0.4, 0.5) is 17.6 Å². The minimum absolute atomic E-state index is 0.282. The molecule has 0 aliphatic rings. The van der Waals surface area contributed by atoms with E-state index >= 15 is 0 Å². The molecule has 112 valence electrons. The van der Waals surface area contributed by atoms with E-state index in [-0.39, 0.29) is 12.3 Å². The SMILES string of the molecule is COc1ccc(CNC(=O)C(F)(F)C(F)F)c(OC)c1. The minimum Gasteiger partial charge on any atom is -0.497 e. The van der Waals surface area contributed by atoms with E-state index in [1.807, 2.05) is 0 Å². The number of carbonyl (C=O) groups is 1. The van der Waals surface area contributed by atoms with Crippen molar-refractivity contribution in [2.45, 2.75) is 18.9 Å². The van der Waals surface area contributed by atoms with Gasteiger partial charge in [-0.15, -0.1) is 0 Å². The third-order valence-corrected chi connectivity index (χ3v) is 2.51. The third-order valence-electron chi connectivity index (χ3n) is 2.51. The van der Waals surface area contributed by atoms with Crippen molar-refractivity contribution >= 4 is 5.91 Å². The van der Waals surface area contributed by atoms with E-state index in [1.54, 1.807) is 5.32 Å². The van der Waals surface area contributed by atoms with Crippen molar-refractivity contribution in [2.75, 3.05) is 14.2 Å². The van der Waals surface area contributed by atoms with Crippen LogP contribution in [-0.2, 0) is 11.3 Å². The van der Waals surface area contributed by atoms with Crippen LogP contribution in [0.25, 0.3) is 0 Å². The molecule has 4 nitrogen and oxygen atoms in total. The predicted molar refractivity (Wildman–Crippen MR) is 62.3 cm³/mol. The van der Waals surface area contributed by atoms with Gasteiger partial charge in [0.25, 0.3) is 5.91 Å². The lowest BCUT2D eigenvalue weighted by atomic mass is 10.2. The second kappa shape index (κ2) is 6.44. The molecule has 0 aliphatic heterocycles. The van der Waals surface area contributed by atoms with E-state index in [0.717, 1.165) is 0 Å². The Labute approximate surface area is 112 Å². The van der Waals surface area contributed by atoms with Gasteiger partial charge >= 0.3 is 12.3 Å². The maximum absolute atomic E-state index is 12.7. The quantitative estimate of drug-likeness (QED) is 0.819. The highest BCUT2D eigenvalue weighted by Crippen LogP contribution is 2.26. The van der Waals surface area contributed by atoms with Gasteiger partial charge in [-0.3, -0.25) is 4.79 Å². The van der Waals surface area contributed by atoms with Gasteiger partial charge in [-0.25, -0.2) is 8.78 Å². The highest BCUT2D eigenvalue weighted by Gasteiger charge is 2.48. The number of alkyl halides is 4. The van der Waals surface area contributed by atoms with Crippen molar-refractivity contribution in [3.05, 3.63) is 23.8 Å². The molecular formula is C12H13F4NO3. The Morgan fingerprint density at radius 3 is 2.45 bits per heavy atom. The topological polar surface area (TPSA) is 47.6 Å². The van der Waals surface area contributed by atoms with Gasteiger partial charge in [0, 0.05) is 18.2 Å². The van der Waals surface area contributed by atoms with Gasteiger partial charge in [0.2, 0.25) is 0 Å². The van der Waals surface area contributed by atoms with Crippen LogP contribution < -0.4 is 14.8 Å². The van der Waals surface area contributed by atoms with Crippen LogP contribution in [0.1, 0.15) is 5.56 Å². The average molecular weight is 295 g/mol. The molecule has 20 heavy (non-hydrogen) atoms. The van der Waals surface area contributed by atoms with E-state index in [0.29, 0.717) is 11.3 Å². The van der Waals surface area contributed by atoms with Gasteiger partial charge in [0.05, 0.1) is 14.2 Å². The first-order chi connectivity index (χ1) is 9.32. The van der Waals surface area contributed by atoms with Crippen LogP contribution in [0, 0.1) is 0 Å². The molecule has 0 aliphatic carbocycles. The first kappa shape index (κ1) is 16.1. The zero-order valence-electron chi connectivity index (χ0n) is 10.8. The van der Waals surface area contributed by atoms with Crippen molar-refractivity contribution in [2.24, 2.45) is 0 Å². The number of benzene rings is 1. The molecule has 1 aromatic carbocycles. The number of halogens is 4. The Morgan fingerprint density at radius 1 is 1.30 bits per heavy atom. The highest BCUT2D eigenvalue weighted by molar-refractivity contribution is 5.83. The number of amides is 1. The second-order valence-electron chi connectivity index (χ2n) is 3.78. The van der Waals surface area contributed by atoms with E-state index < -0.39 is 18.3 Å². The highest BCUT2D eigenvalue weighted by atomic mass is 19.3. The maximum Gasteiger partial charge on any atom is 0.383 e. The summed E-state index contributed by atoms with van der Waals surface area (Å²) < 4.78 is 59.3. The summed E-state index contributed by atoms with van der Waals surface area (Å²) in [6.45, 7) is -0.367. The van der Waals surface area contributed by atoms with Crippen LogP contribution in [0.3, 0.4) is 0 Å². The minimum atomic E-state index is -4.72. The molecule has 0 saturated carbocycles. The molecule has 0 bridgehead atoms. The Hall–Kier alpha value is -1.99. The number of carbonyl (C=O) groups excluding carboxylic acids is 1. The number of hydrogen-bond donors (Lipinski definition) is 1. The standard InChI is InChI=1S/C12H13F4NO3/c1-19-8-4-3-7(9(5-8)20-2)6-17-11(18)12(15,16)10(13)14/h3-5,10H,6H2,1-2H3,(H,17,18). The van der Waals surface area contributed by atoms with E-state index in [1.165, 1.54) is 32.4 Å². The van der Waals surface area contributed by atoms with Crippen LogP contribution in [0.2, 0.25) is 0 Å². The largest absolute Gasteiger partial charge is 0.497 e. The summed E-state index contributed by atoms with van der Waals surface area (Å²) in [6, 6.07) is 4.47. The van der Waals surface area contributed by atoms with Gasteiger partial charge in [0.1, 0.15) is 11.5 Å². The van der Waals surface area contributed by atoms with Crippen LogP contribution in [0.15, 0.2) is 18.2 Å². The van der Waals surface area contributed by atoms with Gasteiger partial charge in [-0.2, -0.15) is 8.78 Å². The second-order valence-corrected chi connectivity index (χ2v) is 3.78. The summed E-state index contributed by atoms with van der Waals surface area (Å²) in [5, 5.41) is 1.74. The first-order valence-corrected chi connectivity index (χ1v) is 5.48. The molecule has 0 heterocycles. The number of rotatable bonds is 6. The maximum atomic E-state index is 12.7. The molecule has 0 unspecified atom stereocenters. The Bertz CT molecular complexity index is 480. The summed E-state index contributed by atoms with van der Waals surface area (Å²) in [4.78, 5) is 11.0. The normalized spacial score (nSPS) is 11.3. The molecule has 1 N–H and O–H groups in total. The fourth-order valence-corrected chi connectivity index (χ4v) is 1.39. The summed E-state index contributed by atoms with van der Waals surface area (Å²) in [7, 11) is 2.77. The summed E-state index contributed by atoms with van der Waals surface area (Å²) in [5.41, 5.74) is 0.353. The number of nitrogens with one attached hydrogen (secondary N) is 1. The molecule has 0 fully saturated rings. The average Bonchev–Trinajstić information content (AvgIpc) is 2.44. The van der Waals surface area contributed by atoms with Crippen molar-refractivity contribution < 1.29 is 31.8 Å². The molecule has 0 saturated heterocycles. The summed E-state index contributed by atoms with van der Waals surface area (Å²) in [6.07, 6.45) is -4.06. The Kier molecular flexibility index (Phi) is 5.18. The smallest absolute Gasteiger partial charge is 0.383 e. The molecule has 8 heteroatoms. The van der Waals surface area contributed by atoms with E-state index in [4.69, 9.17) is 9.47 Å². The molecule has 1 amide bonds. The number of ether oxygens (including phenoxy) is 2. The lowest BCUT2D eigenvalue weighted by Gasteiger charge is -2.16. The molecular weight excluding hydrogens is 282 g/mol. The van der Waals surface area contributed by atoms with Crippen molar-refractivity contribution in [3.8, 4) is 11.5 Å². The van der Waals surface area contributed by atoms with Gasteiger partial charge in [0.15, 0.2) is 0 Å². The lowest BCUT2D eigenvalue weighted by molar-refractivity contribution is -0.169. The lowest BCUT2D eigenvalue weighted by Crippen LogP contribution is -2.44. The summed E-state index contributed by atoms with van der Waals surface area (Å²) >= 11 is 0. The Balaban J connectivity index is 2.78. The molecule has 0 spiro atoms. The monoisotopic (exact) mass is 295 g/mol. The van der Waals surface area contributed by atoms with Crippen LogP contribution in [-0.4, -0.2) is 32.5 Å². The molecule has 0 radical (unpaired) electrons. The molecule has 1 rings (SSSR count). The Morgan fingerprint density at radius 2 is 1.95 bits per heavy atom. The zero-order valence-corrected chi connectivity index (χ0v) is 10.8. The predicted octanol–water partition coefficient (Wildman–Crippen LogP) is 2.22.